The van der Waals surface area contributed by atoms with Crippen molar-refractivity contribution in [1.29, 1.82) is 10.5 Å². The molecule has 1 aromatic rings. The number of nitriles is 2. The molecule has 0 unspecified atom stereocenters. The molecule has 0 heterocycles. The first-order valence-corrected chi connectivity index (χ1v) is 5.68. The molecule has 0 aromatic heterocycles. The van der Waals surface area contributed by atoms with Gasteiger partial charge in [-0.05, 0) is 24.5 Å². The predicted octanol–water partition coefficient (Wildman–Crippen LogP) is 4.03. The summed E-state index contributed by atoms with van der Waals surface area (Å²) < 4.78 is 0. The third-order valence-corrected chi connectivity index (χ3v) is 2.81. The Kier molecular flexibility index (Phi) is 5.40. The molecule has 0 bridgehead atoms. The first-order valence-electron chi connectivity index (χ1n) is 5.30. The molecule has 0 amide bonds. The van der Waals surface area contributed by atoms with Crippen LogP contribution < -0.4 is 0 Å². The molecule has 3 heteroatoms. The number of nitrogens with zero attached hydrogens (tertiary/aromatic N) is 2. The van der Waals surface area contributed by atoms with Crippen LogP contribution in [-0.2, 0) is 0 Å². The van der Waals surface area contributed by atoms with Crippen LogP contribution in [-0.4, -0.2) is 0 Å². The van der Waals surface area contributed by atoms with E-state index < -0.39 is 0 Å². The Morgan fingerprint density at radius 3 is 2.56 bits per heavy atom. The lowest BCUT2D eigenvalue weighted by molar-refractivity contribution is 0.651. The smallest absolute Gasteiger partial charge is 0.0727 e. The van der Waals surface area contributed by atoms with Gasteiger partial charge in [-0.15, -0.1) is 0 Å². The molecular weight excluding hydrogens is 220 g/mol. The van der Waals surface area contributed by atoms with E-state index in [9.17, 15) is 0 Å². The van der Waals surface area contributed by atoms with Crippen LogP contribution in [0.5, 0.6) is 0 Å². The summed E-state index contributed by atoms with van der Waals surface area (Å²) in [5, 5.41) is 18.1. The molecule has 0 N–H and O–H groups in total. The van der Waals surface area contributed by atoms with Gasteiger partial charge in [-0.2, -0.15) is 10.5 Å². The minimum atomic E-state index is -0.160. The zero-order valence-electron chi connectivity index (χ0n) is 8.99. The maximum absolute atomic E-state index is 9.09. The van der Waals surface area contributed by atoms with Crippen molar-refractivity contribution in [2.24, 2.45) is 0 Å². The highest BCUT2D eigenvalue weighted by Crippen LogP contribution is 2.27. The largest absolute Gasteiger partial charge is 0.198 e. The summed E-state index contributed by atoms with van der Waals surface area (Å²) in [5.74, 6) is -0.160. The Morgan fingerprint density at radius 2 is 1.94 bits per heavy atom. The average Bonchev–Trinajstić information content (AvgIpc) is 2.31. The first-order chi connectivity index (χ1) is 7.79. The van der Waals surface area contributed by atoms with Crippen LogP contribution in [0.3, 0.4) is 0 Å². The molecule has 1 atom stereocenters. The van der Waals surface area contributed by atoms with Crippen molar-refractivity contribution in [3.63, 3.8) is 0 Å². The van der Waals surface area contributed by atoms with Gasteiger partial charge in [-0.25, -0.2) is 0 Å². The highest BCUT2D eigenvalue weighted by atomic mass is 35.5. The van der Waals surface area contributed by atoms with E-state index in [1.807, 2.05) is 18.2 Å². The molecule has 82 valence electrons. The lowest BCUT2D eigenvalue weighted by Gasteiger charge is -2.10. The summed E-state index contributed by atoms with van der Waals surface area (Å²) in [6.07, 6.45) is 3.05. The van der Waals surface area contributed by atoms with Crippen LogP contribution in [0, 0.1) is 22.7 Å². The molecule has 0 saturated heterocycles. The molecule has 16 heavy (non-hydrogen) atoms. The van der Waals surface area contributed by atoms with E-state index in [1.165, 1.54) is 0 Å². The second-order valence-electron chi connectivity index (χ2n) is 3.61. The monoisotopic (exact) mass is 232 g/mol. The van der Waals surface area contributed by atoms with Crippen molar-refractivity contribution in [3.05, 3.63) is 34.9 Å². The van der Waals surface area contributed by atoms with Crippen LogP contribution in [0.4, 0.5) is 0 Å². The normalized spacial score (nSPS) is 11.4. The van der Waals surface area contributed by atoms with Crippen LogP contribution >= 0.6 is 11.6 Å². The van der Waals surface area contributed by atoms with E-state index >= 15 is 0 Å². The minimum Gasteiger partial charge on any atom is -0.198 e. The second-order valence-corrected chi connectivity index (χ2v) is 4.01. The third-order valence-electron chi connectivity index (χ3n) is 2.47. The summed E-state index contributed by atoms with van der Waals surface area (Å²) in [5.41, 5.74) is 0.892. The van der Waals surface area contributed by atoms with Crippen molar-refractivity contribution in [3.8, 4) is 12.1 Å². The van der Waals surface area contributed by atoms with E-state index in [0.29, 0.717) is 11.4 Å². The maximum atomic E-state index is 9.09. The predicted molar refractivity (Wildman–Crippen MR) is 63.9 cm³/mol. The zero-order valence-corrected chi connectivity index (χ0v) is 9.74. The Hall–Kier alpha value is -1.51. The zero-order chi connectivity index (χ0) is 11.8. The Bertz CT molecular complexity index is 415. The van der Waals surface area contributed by atoms with Gasteiger partial charge in [0.1, 0.15) is 0 Å². The minimum absolute atomic E-state index is 0.160. The molecule has 0 radical (unpaired) electrons. The lowest BCUT2D eigenvalue weighted by atomic mass is 9.94. The molecular formula is C13H13ClN2. The number of halogens is 1. The van der Waals surface area contributed by atoms with Crippen molar-refractivity contribution in [2.45, 2.75) is 31.6 Å². The van der Waals surface area contributed by atoms with E-state index in [4.69, 9.17) is 22.1 Å². The van der Waals surface area contributed by atoms with Crippen LogP contribution in [0.2, 0.25) is 5.02 Å². The van der Waals surface area contributed by atoms with Crippen LogP contribution in [0.1, 0.15) is 37.2 Å². The Labute approximate surface area is 101 Å². The second kappa shape index (κ2) is 6.88. The molecule has 0 spiro atoms. The molecule has 0 aliphatic carbocycles. The molecule has 2 nitrogen and oxygen atoms in total. The van der Waals surface area contributed by atoms with Gasteiger partial charge in [0.05, 0.1) is 18.1 Å². The third kappa shape index (κ3) is 3.57. The number of hydrogen-bond donors (Lipinski definition) is 0. The van der Waals surface area contributed by atoms with Gasteiger partial charge in [0.25, 0.3) is 0 Å². The highest BCUT2D eigenvalue weighted by molar-refractivity contribution is 6.31. The lowest BCUT2D eigenvalue weighted by Crippen LogP contribution is -1.96. The van der Waals surface area contributed by atoms with Crippen molar-refractivity contribution < 1.29 is 0 Å². The van der Waals surface area contributed by atoms with E-state index in [0.717, 1.165) is 24.8 Å². The summed E-state index contributed by atoms with van der Waals surface area (Å²) >= 11 is 6.03. The summed E-state index contributed by atoms with van der Waals surface area (Å²) in [6, 6.07) is 11.8. The van der Waals surface area contributed by atoms with Gasteiger partial charge in [0.15, 0.2) is 0 Å². The Balaban J connectivity index is 2.59. The fourth-order valence-electron chi connectivity index (χ4n) is 1.60. The average molecular weight is 233 g/mol. The summed E-state index contributed by atoms with van der Waals surface area (Å²) in [7, 11) is 0. The SMILES string of the molecule is N#CCCCC[C@H](C#N)c1ccccc1Cl. The topological polar surface area (TPSA) is 47.6 Å². The van der Waals surface area contributed by atoms with Gasteiger partial charge >= 0.3 is 0 Å². The number of hydrogen-bond acceptors (Lipinski definition) is 2. The highest BCUT2D eigenvalue weighted by Gasteiger charge is 2.12. The van der Waals surface area contributed by atoms with E-state index in [2.05, 4.69) is 12.1 Å². The molecule has 0 fully saturated rings. The fraction of sp³-hybridized carbons (Fsp3) is 0.385. The molecule has 1 aromatic carbocycles. The fourth-order valence-corrected chi connectivity index (χ4v) is 1.87. The van der Waals surface area contributed by atoms with Gasteiger partial charge < -0.3 is 0 Å². The van der Waals surface area contributed by atoms with Gasteiger partial charge in [-0.1, -0.05) is 36.2 Å². The van der Waals surface area contributed by atoms with E-state index in [-0.39, 0.29) is 5.92 Å². The number of unbranched alkanes of at least 4 members (excludes halogenated alkanes) is 2. The van der Waals surface area contributed by atoms with Gasteiger partial charge in [0.2, 0.25) is 0 Å². The van der Waals surface area contributed by atoms with Gasteiger partial charge in [0, 0.05) is 11.4 Å². The molecule has 0 aliphatic rings. The standard InChI is InChI=1S/C13H13ClN2/c14-13-8-4-3-7-12(13)11(10-16)6-2-1-5-9-15/h3-4,7-8,11H,1-2,5-6H2/t11-/m1/s1. The molecule has 1 rings (SSSR count). The maximum Gasteiger partial charge on any atom is 0.0727 e. The number of rotatable bonds is 5. The van der Waals surface area contributed by atoms with Crippen molar-refractivity contribution in [2.75, 3.05) is 0 Å². The quantitative estimate of drug-likeness (QED) is 0.720. The van der Waals surface area contributed by atoms with Crippen molar-refractivity contribution >= 4 is 11.6 Å². The molecule has 0 aliphatic heterocycles. The summed E-state index contributed by atoms with van der Waals surface area (Å²) in [6.45, 7) is 0. The van der Waals surface area contributed by atoms with E-state index in [1.54, 1.807) is 6.07 Å². The molecule has 0 saturated carbocycles. The number of benzene rings is 1. The van der Waals surface area contributed by atoms with Crippen LogP contribution in [0.15, 0.2) is 24.3 Å². The van der Waals surface area contributed by atoms with Gasteiger partial charge in [-0.3, -0.25) is 0 Å². The first kappa shape index (κ1) is 12.6. The summed E-state index contributed by atoms with van der Waals surface area (Å²) in [4.78, 5) is 0. The van der Waals surface area contributed by atoms with Crippen molar-refractivity contribution in [1.82, 2.24) is 0 Å². The Morgan fingerprint density at radius 1 is 1.19 bits per heavy atom. The van der Waals surface area contributed by atoms with Crippen LogP contribution in [0.25, 0.3) is 0 Å².